The molecule has 1 saturated carbocycles. The van der Waals surface area contributed by atoms with Crippen molar-refractivity contribution in [2.45, 2.75) is 43.5 Å². The van der Waals surface area contributed by atoms with Crippen molar-refractivity contribution in [3.05, 3.63) is 52.1 Å². The maximum Gasteiger partial charge on any atom is 0.573 e. The molecule has 196 valence electrons. The molecule has 1 amide bonds. The number of H-pyrrole nitrogens is 1. The molecule has 4 heterocycles. The normalized spacial score (nSPS) is 24.2. The molecule has 1 aromatic carbocycles. The lowest BCUT2D eigenvalue weighted by Crippen LogP contribution is -2.40. The number of nitrogens with two attached hydrogens (primary N) is 1. The molecule has 3 aromatic rings. The number of aromatic nitrogens is 3. The van der Waals surface area contributed by atoms with E-state index in [0.29, 0.717) is 37.5 Å². The Morgan fingerprint density at radius 1 is 1.22 bits per heavy atom. The van der Waals surface area contributed by atoms with Gasteiger partial charge in [-0.1, -0.05) is 0 Å². The summed E-state index contributed by atoms with van der Waals surface area (Å²) in [6.07, 6.45) is 0.349. The minimum atomic E-state index is -4.84. The van der Waals surface area contributed by atoms with Gasteiger partial charge in [-0.15, -0.1) is 13.2 Å². The van der Waals surface area contributed by atoms with Crippen LogP contribution in [0.3, 0.4) is 0 Å². The van der Waals surface area contributed by atoms with Crippen molar-refractivity contribution in [2.75, 3.05) is 31.9 Å². The zero-order chi connectivity index (χ0) is 25.9. The summed E-state index contributed by atoms with van der Waals surface area (Å²) in [7, 11) is 0. The fourth-order valence-corrected chi connectivity index (χ4v) is 6.11. The van der Waals surface area contributed by atoms with Gasteiger partial charge < -0.3 is 20.7 Å². The molecule has 2 atom stereocenters. The highest BCUT2D eigenvalue weighted by Gasteiger charge is 2.56. The number of carbonyl (C=O) groups excluding carboxylic acids is 1. The van der Waals surface area contributed by atoms with E-state index < -0.39 is 12.1 Å². The van der Waals surface area contributed by atoms with Crippen molar-refractivity contribution in [1.29, 1.82) is 0 Å². The topological polar surface area (TPSA) is 118 Å². The number of halogens is 3. The van der Waals surface area contributed by atoms with Gasteiger partial charge in [0.1, 0.15) is 5.75 Å². The molecule has 0 bridgehead atoms. The van der Waals surface area contributed by atoms with Crippen molar-refractivity contribution in [1.82, 2.24) is 24.8 Å². The van der Waals surface area contributed by atoms with Gasteiger partial charge in [-0.05, 0) is 68.5 Å². The summed E-state index contributed by atoms with van der Waals surface area (Å²) in [5, 5.41) is 3.44. The van der Waals surface area contributed by atoms with Gasteiger partial charge >= 0.3 is 12.1 Å². The molecule has 3 fully saturated rings. The Balaban J connectivity index is 1.18. The Morgan fingerprint density at radius 3 is 2.70 bits per heavy atom. The number of rotatable bonds is 4. The number of carbonyl (C=O) groups is 1. The minimum absolute atomic E-state index is 0.0870. The number of piperidine rings is 2. The van der Waals surface area contributed by atoms with Crippen molar-refractivity contribution >= 4 is 22.8 Å². The number of nitrogens with one attached hydrogen (secondary N) is 2. The third-order valence-corrected chi connectivity index (χ3v) is 8.12. The van der Waals surface area contributed by atoms with Crippen molar-refractivity contribution in [3.63, 3.8) is 0 Å². The summed E-state index contributed by atoms with van der Waals surface area (Å²) >= 11 is 0. The van der Waals surface area contributed by atoms with Gasteiger partial charge in [0, 0.05) is 42.5 Å². The van der Waals surface area contributed by atoms with Crippen LogP contribution in [0.4, 0.5) is 18.9 Å². The molecule has 3 aliphatic rings. The maximum absolute atomic E-state index is 13.0. The first-order valence-corrected chi connectivity index (χ1v) is 12.4. The molecule has 2 saturated heterocycles. The number of ether oxygens (including phenoxy) is 1. The second-order valence-electron chi connectivity index (χ2n) is 10.2. The van der Waals surface area contributed by atoms with Gasteiger partial charge in [-0.2, -0.15) is 0 Å². The van der Waals surface area contributed by atoms with Crippen LogP contribution in [0.15, 0.2) is 35.3 Å². The molecular formula is C25H27F3N6O3. The van der Waals surface area contributed by atoms with Crippen molar-refractivity contribution < 1.29 is 22.7 Å². The molecule has 9 nitrogen and oxygen atoms in total. The van der Waals surface area contributed by atoms with E-state index >= 15 is 0 Å². The highest BCUT2D eigenvalue weighted by molar-refractivity contribution is 5.99. The summed E-state index contributed by atoms with van der Waals surface area (Å²) < 4.78 is 43.0. The Kier molecular flexibility index (Phi) is 5.48. The Labute approximate surface area is 209 Å². The summed E-state index contributed by atoms with van der Waals surface area (Å²) in [6.45, 7) is 2.75. The number of hydrogen-bond acceptors (Lipinski definition) is 6. The van der Waals surface area contributed by atoms with Crippen LogP contribution in [0.2, 0.25) is 0 Å². The Bertz CT molecular complexity index is 1430. The second kappa shape index (κ2) is 8.51. The average molecular weight is 517 g/mol. The zero-order valence-electron chi connectivity index (χ0n) is 20.0. The van der Waals surface area contributed by atoms with Gasteiger partial charge in [0.25, 0.3) is 5.91 Å². The summed E-state index contributed by atoms with van der Waals surface area (Å²) in [5.41, 5.74) is 8.36. The van der Waals surface area contributed by atoms with E-state index in [4.69, 9.17) is 5.73 Å². The molecule has 6 rings (SSSR count). The lowest BCUT2D eigenvalue weighted by Gasteiger charge is -2.33. The summed E-state index contributed by atoms with van der Waals surface area (Å²) in [5.74, 6) is -0.238. The molecule has 0 radical (unpaired) electrons. The van der Waals surface area contributed by atoms with E-state index in [-0.39, 0.29) is 34.3 Å². The van der Waals surface area contributed by atoms with Crippen LogP contribution in [-0.2, 0) is 5.41 Å². The molecule has 12 heteroatoms. The number of fused-ring (bicyclic) bond motifs is 2. The number of anilines is 1. The third-order valence-electron chi connectivity index (χ3n) is 8.12. The molecule has 1 aliphatic carbocycles. The number of aromatic amines is 1. The number of nitrogen functional groups attached to an aromatic ring is 1. The average Bonchev–Trinajstić information content (AvgIpc) is 3.52. The summed E-state index contributed by atoms with van der Waals surface area (Å²) in [4.78, 5) is 35.0. The standard InChI is InChI=1S/C25H27F3N6O3/c26-25(27,28)37-17-1-2-18(19(29)10-17)22(35)33-7-3-16(4-8-33)34-20-9-14(13-31-21(20)32-23(34)36)24-5-6-30-12-15(24)11-24/h1-2,9-10,13,15-16,30H,3-8,11-12,29H2,(H,31,32,36). The highest BCUT2D eigenvalue weighted by atomic mass is 19.4. The molecule has 2 aliphatic heterocycles. The number of alkyl halides is 3. The maximum atomic E-state index is 13.0. The Hall–Kier alpha value is -3.54. The van der Waals surface area contributed by atoms with E-state index in [0.717, 1.165) is 43.6 Å². The van der Waals surface area contributed by atoms with E-state index in [1.807, 2.05) is 6.20 Å². The molecule has 2 aromatic heterocycles. The predicted molar refractivity (Wildman–Crippen MR) is 129 cm³/mol. The first-order valence-electron chi connectivity index (χ1n) is 12.4. The van der Waals surface area contributed by atoms with Crippen LogP contribution in [0.25, 0.3) is 11.2 Å². The molecule has 37 heavy (non-hydrogen) atoms. The fourth-order valence-electron chi connectivity index (χ4n) is 6.11. The van der Waals surface area contributed by atoms with Gasteiger partial charge in [0.05, 0.1) is 11.1 Å². The van der Waals surface area contributed by atoms with Crippen LogP contribution in [-0.4, -0.2) is 57.9 Å². The fraction of sp³-hybridized carbons (Fsp3) is 0.480. The quantitative estimate of drug-likeness (QED) is 0.459. The van der Waals surface area contributed by atoms with E-state index in [1.165, 1.54) is 11.6 Å². The number of benzene rings is 1. The largest absolute Gasteiger partial charge is 0.573 e. The molecule has 4 N–H and O–H groups in total. The lowest BCUT2D eigenvalue weighted by atomic mass is 9.89. The minimum Gasteiger partial charge on any atom is -0.406 e. The van der Waals surface area contributed by atoms with Crippen molar-refractivity contribution in [3.8, 4) is 5.75 Å². The zero-order valence-corrected chi connectivity index (χ0v) is 20.0. The lowest BCUT2D eigenvalue weighted by molar-refractivity contribution is -0.274. The van der Waals surface area contributed by atoms with Crippen LogP contribution in [0.5, 0.6) is 5.75 Å². The van der Waals surface area contributed by atoms with E-state index in [9.17, 15) is 22.8 Å². The molecule has 2 unspecified atom stereocenters. The number of amides is 1. The highest BCUT2D eigenvalue weighted by Crippen LogP contribution is 2.57. The third kappa shape index (κ3) is 4.22. The van der Waals surface area contributed by atoms with E-state index in [1.54, 1.807) is 9.47 Å². The van der Waals surface area contributed by atoms with Gasteiger partial charge in [0.15, 0.2) is 5.65 Å². The first-order chi connectivity index (χ1) is 17.6. The number of hydrogen-bond donors (Lipinski definition) is 3. The Morgan fingerprint density at radius 2 is 2.00 bits per heavy atom. The number of nitrogens with zero attached hydrogens (tertiary/aromatic N) is 3. The number of pyridine rings is 1. The van der Waals surface area contributed by atoms with Crippen LogP contribution in [0.1, 0.15) is 47.6 Å². The molecular weight excluding hydrogens is 489 g/mol. The van der Waals surface area contributed by atoms with Gasteiger partial charge in [0.2, 0.25) is 0 Å². The van der Waals surface area contributed by atoms with Crippen LogP contribution >= 0.6 is 0 Å². The monoisotopic (exact) mass is 516 g/mol. The second-order valence-corrected chi connectivity index (χ2v) is 10.2. The van der Waals surface area contributed by atoms with E-state index in [2.05, 4.69) is 26.1 Å². The first kappa shape index (κ1) is 23.8. The SMILES string of the molecule is Nc1cc(OC(F)(F)F)ccc1C(=O)N1CCC(n2c(=O)[nH]c3ncc(C45CCNCC4C5)cc32)CC1. The summed E-state index contributed by atoms with van der Waals surface area (Å²) in [6, 6.07) is 5.31. The van der Waals surface area contributed by atoms with Gasteiger partial charge in [-0.3, -0.25) is 14.3 Å². The molecule has 0 spiro atoms. The van der Waals surface area contributed by atoms with Gasteiger partial charge in [-0.25, -0.2) is 9.78 Å². The van der Waals surface area contributed by atoms with Crippen molar-refractivity contribution in [2.24, 2.45) is 5.92 Å². The number of likely N-dealkylation sites (tertiary alicyclic amines) is 1. The number of imidazole rings is 1. The predicted octanol–water partition coefficient (Wildman–Crippen LogP) is 2.93. The smallest absolute Gasteiger partial charge is 0.406 e. The van der Waals surface area contributed by atoms with Crippen LogP contribution < -0.4 is 21.5 Å². The van der Waals surface area contributed by atoms with Crippen LogP contribution in [0, 0.1) is 5.92 Å².